The Kier molecular flexibility index (Phi) is 5.04. The van der Waals surface area contributed by atoms with Crippen molar-refractivity contribution in [3.05, 3.63) is 29.0 Å². The number of ether oxygens (including phenoxy) is 1. The number of hydrogen-bond donors (Lipinski definition) is 0. The molecule has 0 aliphatic carbocycles. The van der Waals surface area contributed by atoms with Crippen LogP contribution in [-0.2, 0) is 4.74 Å². The van der Waals surface area contributed by atoms with E-state index in [1.807, 2.05) is 20.8 Å². The van der Waals surface area contributed by atoms with E-state index in [0.29, 0.717) is 18.1 Å². The summed E-state index contributed by atoms with van der Waals surface area (Å²) in [6, 6.07) is 4.39. The Morgan fingerprint density at radius 3 is 2.81 bits per heavy atom. The zero-order valence-corrected chi connectivity index (χ0v) is 13.9. The predicted octanol–water partition coefficient (Wildman–Crippen LogP) is 4.58. The van der Waals surface area contributed by atoms with E-state index in [4.69, 9.17) is 16.3 Å². The predicted molar refractivity (Wildman–Crippen MR) is 83.5 cm³/mol. The SMILES string of the molecule is CC(C)(C)OC(=O)N1CC[C@H](Sc2ccc(F)cc2Cl)C1. The number of amides is 1. The Bertz CT molecular complexity index is 533. The minimum atomic E-state index is -0.484. The van der Waals surface area contributed by atoms with E-state index < -0.39 is 5.60 Å². The van der Waals surface area contributed by atoms with Crippen LogP contribution in [0.3, 0.4) is 0 Å². The molecule has 0 spiro atoms. The van der Waals surface area contributed by atoms with Gasteiger partial charge in [0.1, 0.15) is 11.4 Å². The van der Waals surface area contributed by atoms with Gasteiger partial charge in [-0.05, 0) is 45.4 Å². The zero-order valence-electron chi connectivity index (χ0n) is 12.4. The van der Waals surface area contributed by atoms with Crippen molar-refractivity contribution in [3.63, 3.8) is 0 Å². The van der Waals surface area contributed by atoms with Gasteiger partial charge in [-0.15, -0.1) is 11.8 Å². The van der Waals surface area contributed by atoms with Crippen molar-refractivity contribution in [3.8, 4) is 0 Å². The Morgan fingerprint density at radius 2 is 2.19 bits per heavy atom. The smallest absolute Gasteiger partial charge is 0.410 e. The van der Waals surface area contributed by atoms with Gasteiger partial charge in [0.2, 0.25) is 0 Å². The number of carbonyl (C=O) groups excluding carboxylic acids is 1. The molecule has 116 valence electrons. The lowest BCUT2D eigenvalue weighted by Crippen LogP contribution is -2.35. The Hall–Kier alpha value is -0.940. The van der Waals surface area contributed by atoms with E-state index in [0.717, 1.165) is 11.3 Å². The topological polar surface area (TPSA) is 29.5 Å². The van der Waals surface area contributed by atoms with E-state index in [1.165, 1.54) is 12.1 Å². The zero-order chi connectivity index (χ0) is 15.6. The molecule has 6 heteroatoms. The molecule has 0 aromatic heterocycles. The van der Waals surface area contributed by atoms with E-state index >= 15 is 0 Å². The molecule has 1 aromatic rings. The maximum atomic E-state index is 13.0. The van der Waals surface area contributed by atoms with Gasteiger partial charge in [-0.3, -0.25) is 0 Å². The molecule has 2 rings (SSSR count). The average Bonchev–Trinajstić information content (AvgIpc) is 2.79. The van der Waals surface area contributed by atoms with Gasteiger partial charge < -0.3 is 9.64 Å². The van der Waals surface area contributed by atoms with Crippen molar-refractivity contribution in [2.24, 2.45) is 0 Å². The first-order valence-electron chi connectivity index (χ1n) is 6.84. The molecule has 1 heterocycles. The number of likely N-dealkylation sites (tertiary alicyclic amines) is 1. The molecule has 0 radical (unpaired) electrons. The van der Waals surface area contributed by atoms with Crippen molar-refractivity contribution in [1.29, 1.82) is 0 Å². The fourth-order valence-electron chi connectivity index (χ4n) is 2.07. The molecule has 3 nitrogen and oxygen atoms in total. The number of benzene rings is 1. The fourth-order valence-corrected chi connectivity index (χ4v) is 3.52. The van der Waals surface area contributed by atoms with Crippen molar-refractivity contribution in [2.45, 2.75) is 42.9 Å². The summed E-state index contributed by atoms with van der Waals surface area (Å²) in [6.07, 6.45) is 0.591. The van der Waals surface area contributed by atoms with E-state index in [2.05, 4.69) is 0 Å². The van der Waals surface area contributed by atoms with Crippen LogP contribution in [0.1, 0.15) is 27.2 Å². The number of halogens is 2. The highest BCUT2D eigenvalue weighted by molar-refractivity contribution is 8.00. The molecule has 1 atom stereocenters. The normalized spacial score (nSPS) is 18.9. The van der Waals surface area contributed by atoms with E-state index in [1.54, 1.807) is 22.7 Å². The largest absolute Gasteiger partial charge is 0.444 e. The van der Waals surface area contributed by atoms with Gasteiger partial charge in [-0.1, -0.05) is 11.6 Å². The summed E-state index contributed by atoms with van der Waals surface area (Å²) in [4.78, 5) is 14.5. The lowest BCUT2D eigenvalue weighted by atomic mass is 10.2. The van der Waals surface area contributed by atoms with Crippen LogP contribution in [-0.4, -0.2) is 34.9 Å². The Morgan fingerprint density at radius 1 is 1.48 bits per heavy atom. The third-order valence-electron chi connectivity index (χ3n) is 2.98. The van der Waals surface area contributed by atoms with Gasteiger partial charge in [-0.25, -0.2) is 9.18 Å². The number of carbonyl (C=O) groups is 1. The summed E-state index contributed by atoms with van der Waals surface area (Å²) in [5.74, 6) is -0.342. The third-order valence-corrected chi connectivity index (χ3v) is 4.74. The standard InChI is InChI=1S/C15H19ClFNO2S/c1-15(2,3)20-14(19)18-7-6-11(9-18)21-13-5-4-10(17)8-12(13)16/h4-5,8,11H,6-7,9H2,1-3H3/t11-/m0/s1. The molecule has 1 saturated heterocycles. The first-order valence-corrected chi connectivity index (χ1v) is 8.10. The summed E-state index contributed by atoms with van der Waals surface area (Å²) >= 11 is 7.61. The van der Waals surface area contributed by atoms with E-state index in [-0.39, 0.29) is 17.2 Å². The first kappa shape index (κ1) is 16.4. The van der Waals surface area contributed by atoms with Crippen LogP contribution in [0.4, 0.5) is 9.18 Å². The molecule has 1 amide bonds. The van der Waals surface area contributed by atoms with Crippen molar-refractivity contribution in [1.82, 2.24) is 4.90 Å². The fraction of sp³-hybridized carbons (Fsp3) is 0.533. The van der Waals surface area contributed by atoms with Crippen molar-refractivity contribution in [2.75, 3.05) is 13.1 Å². The summed E-state index contributed by atoms with van der Waals surface area (Å²) in [6.45, 7) is 6.85. The van der Waals surface area contributed by atoms with Gasteiger partial charge in [0.25, 0.3) is 0 Å². The lowest BCUT2D eigenvalue weighted by Gasteiger charge is -2.24. The molecule has 0 unspecified atom stereocenters. The van der Waals surface area contributed by atoms with Gasteiger partial charge in [0, 0.05) is 23.2 Å². The molecule has 0 N–H and O–H groups in total. The summed E-state index contributed by atoms with van der Waals surface area (Å²) in [7, 11) is 0. The first-order chi connectivity index (χ1) is 9.74. The van der Waals surface area contributed by atoms with Crippen LogP contribution in [0.5, 0.6) is 0 Å². The molecule has 21 heavy (non-hydrogen) atoms. The Labute approximate surface area is 133 Å². The van der Waals surface area contributed by atoms with Crippen molar-refractivity contribution < 1.29 is 13.9 Å². The van der Waals surface area contributed by atoms with Gasteiger partial charge in [0.15, 0.2) is 0 Å². The highest BCUT2D eigenvalue weighted by atomic mass is 35.5. The van der Waals surface area contributed by atoms with Gasteiger partial charge in [0.05, 0.1) is 5.02 Å². The second-order valence-corrected chi connectivity index (χ2v) is 7.78. The maximum Gasteiger partial charge on any atom is 0.410 e. The molecular weight excluding hydrogens is 313 g/mol. The number of hydrogen-bond acceptors (Lipinski definition) is 3. The molecule has 1 aliphatic rings. The molecule has 0 bridgehead atoms. The maximum absolute atomic E-state index is 13.0. The second-order valence-electron chi connectivity index (χ2n) is 6.03. The monoisotopic (exact) mass is 331 g/mol. The van der Waals surface area contributed by atoms with Crippen LogP contribution in [0.25, 0.3) is 0 Å². The van der Waals surface area contributed by atoms with Crippen LogP contribution in [0, 0.1) is 5.82 Å². The molecule has 1 aromatic carbocycles. The van der Waals surface area contributed by atoms with Crippen molar-refractivity contribution >= 4 is 29.5 Å². The molecule has 0 saturated carbocycles. The average molecular weight is 332 g/mol. The minimum Gasteiger partial charge on any atom is -0.444 e. The van der Waals surface area contributed by atoms with Crippen LogP contribution >= 0.6 is 23.4 Å². The number of nitrogens with zero attached hydrogens (tertiary/aromatic N) is 1. The summed E-state index contributed by atoms with van der Waals surface area (Å²) in [5, 5.41) is 0.663. The molecule has 1 aliphatic heterocycles. The molecule has 1 fully saturated rings. The Balaban J connectivity index is 1.92. The third kappa shape index (κ3) is 4.78. The van der Waals surface area contributed by atoms with Gasteiger partial charge in [-0.2, -0.15) is 0 Å². The van der Waals surface area contributed by atoms with Gasteiger partial charge >= 0.3 is 6.09 Å². The quantitative estimate of drug-likeness (QED) is 0.794. The number of thioether (sulfide) groups is 1. The summed E-state index contributed by atoms with van der Waals surface area (Å²) in [5.41, 5.74) is -0.484. The lowest BCUT2D eigenvalue weighted by molar-refractivity contribution is 0.0295. The minimum absolute atomic E-state index is 0.250. The summed E-state index contributed by atoms with van der Waals surface area (Å²) < 4.78 is 18.4. The number of rotatable bonds is 2. The van der Waals surface area contributed by atoms with Crippen LogP contribution in [0.2, 0.25) is 5.02 Å². The van der Waals surface area contributed by atoms with E-state index in [9.17, 15) is 9.18 Å². The second kappa shape index (κ2) is 6.44. The molecular formula is C15H19ClFNO2S. The van der Waals surface area contributed by atoms with Crippen LogP contribution < -0.4 is 0 Å². The highest BCUT2D eigenvalue weighted by Gasteiger charge is 2.30. The highest BCUT2D eigenvalue weighted by Crippen LogP contribution is 2.35. The van der Waals surface area contributed by atoms with Crippen LogP contribution in [0.15, 0.2) is 23.1 Å².